The molecule has 0 saturated heterocycles. The van der Waals surface area contributed by atoms with Crippen LogP contribution in [0.3, 0.4) is 0 Å². The molecule has 0 aromatic rings. The summed E-state index contributed by atoms with van der Waals surface area (Å²) in [5.41, 5.74) is 0.176. The first-order valence-electron chi connectivity index (χ1n) is 5.38. The van der Waals surface area contributed by atoms with Gasteiger partial charge in [-0.3, -0.25) is 0 Å². The van der Waals surface area contributed by atoms with Gasteiger partial charge in [-0.1, -0.05) is 34.1 Å². The summed E-state index contributed by atoms with van der Waals surface area (Å²) >= 11 is 0. The SMILES string of the molecule is CCCCOC(CC)(CC)CC. The van der Waals surface area contributed by atoms with Gasteiger partial charge in [0.2, 0.25) is 0 Å². The van der Waals surface area contributed by atoms with E-state index in [9.17, 15) is 0 Å². The van der Waals surface area contributed by atoms with E-state index in [-0.39, 0.29) is 5.60 Å². The van der Waals surface area contributed by atoms with Gasteiger partial charge in [-0.15, -0.1) is 0 Å². The van der Waals surface area contributed by atoms with Crippen LogP contribution < -0.4 is 0 Å². The van der Waals surface area contributed by atoms with Gasteiger partial charge in [-0.25, -0.2) is 0 Å². The molecule has 0 amide bonds. The largest absolute Gasteiger partial charge is 0.375 e. The molecule has 0 atom stereocenters. The third-order valence-electron chi connectivity index (χ3n) is 2.84. The molecular formula is C11H24O. The molecule has 0 unspecified atom stereocenters. The molecule has 0 heterocycles. The zero-order chi connectivity index (χ0) is 9.45. The van der Waals surface area contributed by atoms with Crippen molar-refractivity contribution < 1.29 is 4.74 Å². The normalized spacial score (nSPS) is 12.0. The molecule has 1 heteroatoms. The fourth-order valence-corrected chi connectivity index (χ4v) is 1.49. The number of hydrogen-bond acceptors (Lipinski definition) is 1. The van der Waals surface area contributed by atoms with E-state index >= 15 is 0 Å². The van der Waals surface area contributed by atoms with Crippen LogP contribution in [0.15, 0.2) is 0 Å². The van der Waals surface area contributed by atoms with Crippen LogP contribution >= 0.6 is 0 Å². The molecule has 0 aliphatic heterocycles. The van der Waals surface area contributed by atoms with Crippen LogP contribution in [-0.4, -0.2) is 12.2 Å². The molecule has 0 aliphatic rings. The van der Waals surface area contributed by atoms with E-state index in [0.717, 1.165) is 25.9 Å². The van der Waals surface area contributed by atoms with Crippen LogP contribution in [0.1, 0.15) is 59.8 Å². The fourth-order valence-electron chi connectivity index (χ4n) is 1.49. The Kier molecular flexibility index (Phi) is 6.45. The van der Waals surface area contributed by atoms with Crippen molar-refractivity contribution in [2.75, 3.05) is 6.61 Å². The van der Waals surface area contributed by atoms with Crippen LogP contribution in [0.25, 0.3) is 0 Å². The van der Waals surface area contributed by atoms with E-state index < -0.39 is 0 Å². The molecule has 0 saturated carbocycles. The Morgan fingerprint density at radius 3 is 1.75 bits per heavy atom. The van der Waals surface area contributed by atoms with Crippen molar-refractivity contribution in [3.8, 4) is 0 Å². The Morgan fingerprint density at radius 2 is 1.42 bits per heavy atom. The number of unbranched alkanes of at least 4 members (excludes halogenated alkanes) is 1. The third kappa shape index (κ3) is 3.57. The van der Waals surface area contributed by atoms with Crippen molar-refractivity contribution in [1.29, 1.82) is 0 Å². The Balaban J connectivity index is 3.76. The van der Waals surface area contributed by atoms with Crippen molar-refractivity contribution in [2.45, 2.75) is 65.4 Å². The first kappa shape index (κ1) is 12.0. The second kappa shape index (κ2) is 6.47. The van der Waals surface area contributed by atoms with Crippen LogP contribution in [0.2, 0.25) is 0 Å². The highest BCUT2D eigenvalue weighted by atomic mass is 16.5. The first-order valence-corrected chi connectivity index (χ1v) is 5.38. The van der Waals surface area contributed by atoms with Crippen molar-refractivity contribution in [1.82, 2.24) is 0 Å². The maximum absolute atomic E-state index is 5.92. The average Bonchev–Trinajstić information content (AvgIpc) is 2.14. The first-order chi connectivity index (χ1) is 5.74. The predicted octanol–water partition coefficient (Wildman–Crippen LogP) is 3.77. The van der Waals surface area contributed by atoms with E-state index in [4.69, 9.17) is 4.74 Å². The number of ether oxygens (including phenoxy) is 1. The minimum absolute atomic E-state index is 0.176. The lowest BCUT2D eigenvalue weighted by molar-refractivity contribution is -0.0550. The van der Waals surface area contributed by atoms with Crippen LogP contribution in [0.4, 0.5) is 0 Å². The smallest absolute Gasteiger partial charge is 0.0674 e. The molecular weight excluding hydrogens is 148 g/mol. The van der Waals surface area contributed by atoms with Gasteiger partial charge in [0.25, 0.3) is 0 Å². The van der Waals surface area contributed by atoms with Crippen molar-refractivity contribution in [3.63, 3.8) is 0 Å². The predicted molar refractivity (Wildman–Crippen MR) is 54.5 cm³/mol. The fraction of sp³-hybridized carbons (Fsp3) is 1.00. The minimum atomic E-state index is 0.176. The highest BCUT2D eigenvalue weighted by Crippen LogP contribution is 2.24. The Bertz CT molecular complexity index is 86.9. The van der Waals surface area contributed by atoms with Gasteiger partial charge in [0.1, 0.15) is 0 Å². The lowest BCUT2D eigenvalue weighted by atomic mass is 9.94. The van der Waals surface area contributed by atoms with E-state index in [1.165, 1.54) is 12.8 Å². The quantitative estimate of drug-likeness (QED) is 0.531. The van der Waals surface area contributed by atoms with Crippen LogP contribution in [0.5, 0.6) is 0 Å². The van der Waals surface area contributed by atoms with Gasteiger partial charge in [-0.2, -0.15) is 0 Å². The maximum Gasteiger partial charge on any atom is 0.0674 e. The molecule has 0 bridgehead atoms. The van der Waals surface area contributed by atoms with E-state index in [0.29, 0.717) is 0 Å². The van der Waals surface area contributed by atoms with E-state index in [1.807, 2.05) is 0 Å². The molecule has 0 fully saturated rings. The van der Waals surface area contributed by atoms with Gasteiger partial charge in [-0.05, 0) is 25.7 Å². The Labute approximate surface area is 77.5 Å². The second-order valence-electron chi connectivity index (χ2n) is 3.45. The summed E-state index contributed by atoms with van der Waals surface area (Å²) in [4.78, 5) is 0. The average molecular weight is 172 g/mol. The standard InChI is InChI=1S/C11H24O/c1-5-9-10-12-11(6-2,7-3)8-4/h5-10H2,1-4H3. The summed E-state index contributed by atoms with van der Waals surface area (Å²) in [6.07, 6.45) is 5.85. The summed E-state index contributed by atoms with van der Waals surface area (Å²) in [6, 6.07) is 0. The van der Waals surface area contributed by atoms with Crippen LogP contribution in [-0.2, 0) is 4.74 Å². The lowest BCUT2D eigenvalue weighted by Crippen LogP contribution is -2.30. The van der Waals surface area contributed by atoms with Gasteiger partial charge in [0, 0.05) is 6.61 Å². The molecule has 12 heavy (non-hydrogen) atoms. The van der Waals surface area contributed by atoms with Gasteiger partial charge >= 0.3 is 0 Å². The molecule has 0 N–H and O–H groups in total. The number of hydrogen-bond donors (Lipinski definition) is 0. The molecule has 0 aromatic carbocycles. The summed E-state index contributed by atoms with van der Waals surface area (Å²) in [6.45, 7) is 9.80. The lowest BCUT2D eigenvalue weighted by Gasteiger charge is -2.30. The van der Waals surface area contributed by atoms with E-state index in [2.05, 4.69) is 27.7 Å². The molecule has 1 nitrogen and oxygen atoms in total. The summed E-state index contributed by atoms with van der Waals surface area (Å²) < 4.78 is 5.92. The molecule has 0 rings (SSSR count). The molecule has 0 spiro atoms. The Hall–Kier alpha value is -0.0400. The second-order valence-corrected chi connectivity index (χ2v) is 3.45. The van der Waals surface area contributed by atoms with Gasteiger partial charge in [0.15, 0.2) is 0 Å². The minimum Gasteiger partial charge on any atom is -0.375 e. The molecule has 0 aromatic heterocycles. The molecule has 0 aliphatic carbocycles. The van der Waals surface area contributed by atoms with Crippen LogP contribution in [0, 0.1) is 0 Å². The zero-order valence-corrected chi connectivity index (χ0v) is 9.15. The zero-order valence-electron chi connectivity index (χ0n) is 9.15. The summed E-state index contributed by atoms with van der Waals surface area (Å²) in [5, 5.41) is 0. The Morgan fingerprint density at radius 1 is 0.917 bits per heavy atom. The summed E-state index contributed by atoms with van der Waals surface area (Å²) in [5.74, 6) is 0. The molecule has 0 radical (unpaired) electrons. The van der Waals surface area contributed by atoms with Gasteiger partial charge in [0.05, 0.1) is 5.60 Å². The van der Waals surface area contributed by atoms with Crippen molar-refractivity contribution in [3.05, 3.63) is 0 Å². The van der Waals surface area contributed by atoms with E-state index in [1.54, 1.807) is 0 Å². The van der Waals surface area contributed by atoms with Crippen molar-refractivity contribution >= 4 is 0 Å². The van der Waals surface area contributed by atoms with Gasteiger partial charge < -0.3 is 4.74 Å². The highest BCUT2D eigenvalue weighted by Gasteiger charge is 2.23. The summed E-state index contributed by atoms with van der Waals surface area (Å²) in [7, 11) is 0. The monoisotopic (exact) mass is 172 g/mol. The number of rotatable bonds is 7. The highest BCUT2D eigenvalue weighted by molar-refractivity contribution is 4.75. The van der Waals surface area contributed by atoms with Crippen molar-refractivity contribution in [2.24, 2.45) is 0 Å². The third-order valence-corrected chi connectivity index (χ3v) is 2.84. The molecule has 74 valence electrons. The maximum atomic E-state index is 5.92. The topological polar surface area (TPSA) is 9.23 Å².